The van der Waals surface area contributed by atoms with E-state index in [2.05, 4.69) is 9.97 Å². The van der Waals surface area contributed by atoms with Gasteiger partial charge in [0.1, 0.15) is 10.8 Å². The summed E-state index contributed by atoms with van der Waals surface area (Å²) >= 11 is 5.59. The minimum atomic E-state index is -3.70. The van der Waals surface area contributed by atoms with Crippen LogP contribution in [-0.2, 0) is 10.2 Å². The van der Waals surface area contributed by atoms with Crippen molar-refractivity contribution in [3.63, 3.8) is 0 Å². The first-order valence-corrected chi connectivity index (χ1v) is 7.31. The number of rotatable bonds is 2. The molecule has 2 heterocycles. The summed E-state index contributed by atoms with van der Waals surface area (Å²) in [5.41, 5.74) is 0.174. The second-order valence-corrected chi connectivity index (χ2v) is 5.89. The Kier molecular flexibility index (Phi) is 3.99. The smallest absolute Gasteiger partial charge is 0.277 e. The number of nitrogens with two attached hydrogens (primary N) is 1. The molecular formula is C9H12ClN5O3S. The number of nitrogens with zero attached hydrogens (tertiary/aromatic N) is 4. The number of halogens is 1. The van der Waals surface area contributed by atoms with Gasteiger partial charge in [0.05, 0.1) is 12.4 Å². The van der Waals surface area contributed by atoms with Crippen molar-refractivity contribution in [3.8, 4) is 0 Å². The fraction of sp³-hybridized carbons (Fsp3) is 0.444. The highest BCUT2D eigenvalue weighted by Gasteiger charge is 2.27. The molecule has 1 saturated heterocycles. The summed E-state index contributed by atoms with van der Waals surface area (Å²) in [5, 5.41) is 5.22. The summed E-state index contributed by atoms with van der Waals surface area (Å²) < 4.78 is 23.4. The molecule has 0 aliphatic carbocycles. The van der Waals surface area contributed by atoms with Crippen LogP contribution in [0.25, 0.3) is 0 Å². The number of piperazine rings is 1. The molecule has 0 aromatic carbocycles. The Labute approximate surface area is 115 Å². The van der Waals surface area contributed by atoms with E-state index in [9.17, 15) is 13.2 Å². The van der Waals surface area contributed by atoms with Crippen LogP contribution in [0.2, 0.25) is 5.15 Å². The molecule has 8 nitrogen and oxygen atoms in total. The minimum Gasteiger partial charge on any atom is -0.335 e. The largest absolute Gasteiger partial charge is 0.335 e. The number of hydrogen-bond acceptors (Lipinski definition) is 5. The van der Waals surface area contributed by atoms with E-state index in [1.807, 2.05) is 0 Å². The maximum absolute atomic E-state index is 12.0. The van der Waals surface area contributed by atoms with Crippen LogP contribution in [-0.4, -0.2) is 59.7 Å². The van der Waals surface area contributed by atoms with Gasteiger partial charge in [-0.15, -0.1) is 0 Å². The second-order valence-electron chi connectivity index (χ2n) is 3.96. The van der Waals surface area contributed by atoms with Gasteiger partial charge in [0.25, 0.3) is 16.1 Å². The molecule has 0 atom stereocenters. The van der Waals surface area contributed by atoms with Crippen LogP contribution in [0, 0.1) is 0 Å². The highest BCUT2D eigenvalue weighted by molar-refractivity contribution is 7.86. The van der Waals surface area contributed by atoms with Crippen LogP contribution in [0.15, 0.2) is 12.4 Å². The van der Waals surface area contributed by atoms with Crippen LogP contribution < -0.4 is 5.14 Å². The molecule has 0 unspecified atom stereocenters. The van der Waals surface area contributed by atoms with Crippen LogP contribution in [0.3, 0.4) is 0 Å². The van der Waals surface area contributed by atoms with E-state index < -0.39 is 10.2 Å². The molecule has 1 amide bonds. The summed E-state index contributed by atoms with van der Waals surface area (Å²) in [7, 11) is -3.70. The fourth-order valence-corrected chi connectivity index (χ4v) is 2.50. The molecule has 19 heavy (non-hydrogen) atoms. The Morgan fingerprint density at radius 1 is 1.21 bits per heavy atom. The highest BCUT2D eigenvalue weighted by atomic mass is 35.5. The zero-order valence-corrected chi connectivity index (χ0v) is 11.4. The van der Waals surface area contributed by atoms with Gasteiger partial charge in [-0.25, -0.2) is 15.1 Å². The zero-order chi connectivity index (χ0) is 14.0. The molecule has 2 N–H and O–H groups in total. The van der Waals surface area contributed by atoms with E-state index in [1.54, 1.807) is 0 Å². The molecule has 1 aromatic heterocycles. The number of aromatic nitrogens is 2. The lowest BCUT2D eigenvalue weighted by Crippen LogP contribution is -2.52. The molecule has 1 aliphatic heterocycles. The molecular weight excluding hydrogens is 294 g/mol. The summed E-state index contributed by atoms with van der Waals surface area (Å²) in [6.45, 7) is 0.871. The van der Waals surface area contributed by atoms with Crippen molar-refractivity contribution in [1.29, 1.82) is 0 Å². The molecule has 0 spiro atoms. The first-order valence-electron chi connectivity index (χ1n) is 5.42. The molecule has 0 saturated carbocycles. The number of carbonyl (C=O) groups excluding carboxylic acids is 1. The average Bonchev–Trinajstić information content (AvgIpc) is 2.38. The van der Waals surface area contributed by atoms with Gasteiger partial charge in [-0.2, -0.15) is 12.7 Å². The van der Waals surface area contributed by atoms with Crippen molar-refractivity contribution in [2.45, 2.75) is 0 Å². The van der Waals surface area contributed by atoms with E-state index in [0.717, 1.165) is 4.31 Å². The van der Waals surface area contributed by atoms with Gasteiger partial charge in [0.15, 0.2) is 0 Å². The Morgan fingerprint density at radius 2 is 1.84 bits per heavy atom. The number of amides is 1. The van der Waals surface area contributed by atoms with Gasteiger partial charge >= 0.3 is 0 Å². The van der Waals surface area contributed by atoms with Gasteiger partial charge in [-0.1, -0.05) is 11.6 Å². The third-order valence-corrected chi connectivity index (χ3v) is 4.01. The normalized spacial score (nSPS) is 17.5. The van der Waals surface area contributed by atoms with Gasteiger partial charge < -0.3 is 4.90 Å². The van der Waals surface area contributed by atoms with E-state index >= 15 is 0 Å². The summed E-state index contributed by atoms with van der Waals surface area (Å²) in [4.78, 5) is 21.2. The molecule has 1 aromatic rings. The molecule has 0 radical (unpaired) electrons. The van der Waals surface area contributed by atoms with Gasteiger partial charge in [0.2, 0.25) is 0 Å². The molecule has 2 rings (SSSR count). The van der Waals surface area contributed by atoms with E-state index in [-0.39, 0.29) is 42.9 Å². The Balaban J connectivity index is 2.02. The maximum Gasteiger partial charge on any atom is 0.277 e. The van der Waals surface area contributed by atoms with Crippen molar-refractivity contribution in [1.82, 2.24) is 19.2 Å². The van der Waals surface area contributed by atoms with Crippen molar-refractivity contribution in [3.05, 3.63) is 23.2 Å². The summed E-state index contributed by atoms with van der Waals surface area (Å²) in [5.74, 6) is -0.307. The monoisotopic (exact) mass is 305 g/mol. The number of hydrogen-bond donors (Lipinski definition) is 1. The zero-order valence-electron chi connectivity index (χ0n) is 9.86. The predicted molar refractivity (Wildman–Crippen MR) is 67.6 cm³/mol. The van der Waals surface area contributed by atoms with Crippen molar-refractivity contribution in [2.24, 2.45) is 5.14 Å². The molecule has 10 heteroatoms. The quantitative estimate of drug-likeness (QED) is 0.761. The van der Waals surface area contributed by atoms with Gasteiger partial charge in [0, 0.05) is 26.2 Å². The van der Waals surface area contributed by atoms with Crippen molar-refractivity contribution in [2.75, 3.05) is 26.2 Å². The average molecular weight is 306 g/mol. The first kappa shape index (κ1) is 14.1. The van der Waals surface area contributed by atoms with Gasteiger partial charge in [-0.05, 0) is 0 Å². The maximum atomic E-state index is 12.0. The first-order chi connectivity index (χ1) is 8.88. The second kappa shape index (κ2) is 5.37. The number of carbonyl (C=O) groups is 1. The Bertz CT molecular complexity index is 568. The highest BCUT2D eigenvalue weighted by Crippen LogP contribution is 2.09. The lowest BCUT2D eigenvalue weighted by Gasteiger charge is -2.32. The van der Waals surface area contributed by atoms with E-state index in [0.29, 0.717) is 0 Å². The lowest BCUT2D eigenvalue weighted by atomic mass is 10.3. The Morgan fingerprint density at radius 3 is 2.32 bits per heavy atom. The molecule has 1 fully saturated rings. The SMILES string of the molecule is NS(=O)(=O)N1CCN(C(=O)c2cnc(Cl)cn2)CC1. The molecule has 104 valence electrons. The standard InChI is InChI=1S/C9H12ClN5O3S/c10-8-6-12-7(5-13-8)9(16)14-1-3-15(4-2-14)19(11,17)18/h5-6H,1-4H2,(H2,11,17,18). The third kappa shape index (κ3) is 3.38. The van der Waals surface area contributed by atoms with Crippen molar-refractivity contribution < 1.29 is 13.2 Å². The van der Waals surface area contributed by atoms with Crippen LogP contribution in [0.5, 0.6) is 0 Å². The Hall–Kier alpha value is -1.29. The topological polar surface area (TPSA) is 109 Å². The minimum absolute atomic E-state index is 0.172. The van der Waals surface area contributed by atoms with Crippen LogP contribution >= 0.6 is 11.6 Å². The summed E-state index contributed by atoms with van der Waals surface area (Å²) in [6.07, 6.45) is 2.58. The van der Waals surface area contributed by atoms with Crippen molar-refractivity contribution >= 4 is 27.7 Å². The lowest BCUT2D eigenvalue weighted by molar-refractivity contribution is 0.0691. The fourth-order valence-electron chi connectivity index (χ4n) is 1.73. The van der Waals surface area contributed by atoms with E-state index in [4.69, 9.17) is 16.7 Å². The van der Waals surface area contributed by atoms with E-state index in [1.165, 1.54) is 17.3 Å². The third-order valence-electron chi connectivity index (χ3n) is 2.73. The molecule has 1 aliphatic rings. The van der Waals surface area contributed by atoms with Gasteiger partial charge in [-0.3, -0.25) is 4.79 Å². The predicted octanol–water partition coefficient (Wildman–Crippen LogP) is -0.909. The molecule has 0 bridgehead atoms. The van der Waals surface area contributed by atoms with Crippen LogP contribution in [0.1, 0.15) is 10.5 Å². The summed E-state index contributed by atoms with van der Waals surface area (Å²) in [6, 6.07) is 0. The van der Waals surface area contributed by atoms with Crippen LogP contribution in [0.4, 0.5) is 0 Å².